The molecule has 2 N–H and O–H groups in total. The Morgan fingerprint density at radius 2 is 2.11 bits per heavy atom. The first-order valence-electron chi connectivity index (χ1n) is 6.26. The lowest BCUT2D eigenvalue weighted by Crippen LogP contribution is -2.25. The predicted octanol–water partition coefficient (Wildman–Crippen LogP) is 1.92. The molecular formula is C14H22N2O3. The Hall–Kier alpha value is -1.75. The summed E-state index contributed by atoms with van der Waals surface area (Å²) in [6, 6.07) is 5.10. The van der Waals surface area contributed by atoms with Gasteiger partial charge in [0.25, 0.3) is 0 Å². The standard InChI is InChI=1S/C14H22N2O3/c1-10(2)19-8-7-16(3)13-9-11(14(17)18-4)5-6-12(13)15/h5-6,9-10H,7-8,15H2,1-4H3. The van der Waals surface area contributed by atoms with Crippen LogP contribution in [0.2, 0.25) is 0 Å². The fraction of sp³-hybridized carbons (Fsp3) is 0.500. The lowest BCUT2D eigenvalue weighted by Gasteiger charge is -2.22. The Balaban J connectivity index is 2.77. The molecule has 0 unspecified atom stereocenters. The minimum absolute atomic E-state index is 0.201. The number of hydrogen-bond acceptors (Lipinski definition) is 5. The molecule has 0 saturated heterocycles. The number of nitrogens with zero attached hydrogens (tertiary/aromatic N) is 1. The van der Waals surface area contributed by atoms with E-state index in [-0.39, 0.29) is 12.1 Å². The monoisotopic (exact) mass is 266 g/mol. The quantitative estimate of drug-likeness (QED) is 0.629. The second-order valence-electron chi connectivity index (χ2n) is 4.61. The number of likely N-dealkylation sites (N-methyl/N-ethyl adjacent to an activating group) is 1. The van der Waals surface area contributed by atoms with Crippen molar-refractivity contribution in [2.24, 2.45) is 0 Å². The average Bonchev–Trinajstić information content (AvgIpc) is 2.37. The average molecular weight is 266 g/mol. The van der Waals surface area contributed by atoms with Crippen LogP contribution in [0.3, 0.4) is 0 Å². The number of esters is 1. The van der Waals surface area contributed by atoms with Gasteiger partial charge in [0.2, 0.25) is 0 Å². The third kappa shape index (κ3) is 4.44. The highest BCUT2D eigenvalue weighted by Gasteiger charge is 2.11. The van der Waals surface area contributed by atoms with Crippen molar-refractivity contribution in [1.29, 1.82) is 0 Å². The molecule has 19 heavy (non-hydrogen) atoms. The van der Waals surface area contributed by atoms with Crippen LogP contribution in [0.1, 0.15) is 24.2 Å². The van der Waals surface area contributed by atoms with Crippen molar-refractivity contribution in [2.45, 2.75) is 20.0 Å². The van der Waals surface area contributed by atoms with Gasteiger partial charge in [-0.1, -0.05) is 0 Å². The van der Waals surface area contributed by atoms with Gasteiger partial charge >= 0.3 is 5.97 Å². The second kappa shape index (κ2) is 6.99. The number of methoxy groups -OCH3 is 1. The van der Waals surface area contributed by atoms with Gasteiger partial charge in [-0.3, -0.25) is 0 Å². The molecule has 1 aromatic rings. The molecule has 0 spiro atoms. The van der Waals surface area contributed by atoms with Crippen LogP contribution in [-0.2, 0) is 9.47 Å². The Labute approximate surface area is 114 Å². The van der Waals surface area contributed by atoms with Gasteiger partial charge < -0.3 is 20.1 Å². The molecule has 0 radical (unpaired) electrons. The molecular weight excluding hydrogens is 244 g/mol. The van der Waals surface area contributed by atoms with Crippen LogP contribution in [0.5, 0.6) is 0 Å². The van der Waals surface area contributed by atoms with Gasteiger partial charge in [0.1, 0.15) is 0 Å². The Morgan fingerprint density at radius 1 is 1.42 bits per heavy atom. The first kappa shape index (κ1) is 15.3. The first-order valence-corrected chi connectivity index (χ1v) is 6.26. The molecule has 106 valence electrons. The fourth-order valence-corrected chi connectivity index (χ4v) is 1.66. The normalized spacial score (nSPS) is 10.6. The Kier molecular flexibility index (Phi) is 5.63. The van der Waals surface area contributed by atoms with Gasteiger partial charge in [-0.25, -0.2) is 4.79 Å². The van der Waals surface area contributed by atoms with Gasteiger partial charge in [-0.2, -0.15) is 0 Å². The molecule has 0 amide bonds. The van der Waals surface area contributed by atoms with Crippen LogP contribution in [0, 0.1) is 0 Å². The minimum atomic E-state index is -0.368. The summed E-state index contributed by atoms with van der Waals surface area (Å²) in [5, 5.41) is 0. The molecule has 0 aliphatic heterocycles. The van der Waals surface area contributed by atoms with Crippen molar-refractivity contribution < 1.29 is 14.3 Å². The molecule has 0 heterocycles. The number of benzene rings is 1. The van der Waals surface area contributed by atoms with E-state index in [9.17, 15) is 4.79 Å². The van der Waals surface area contributed by atoms with Crippen molar-refractivity contribution in [3.8, 4) is 0 Å². The van der Waals surface area contributed by atoms with Crippen LogP contribution in [0.4, 0.5) is 11.4 Å². The molecule has 0 atom stereocenters. The fourth-order valence-electron chi connectivity index (χ4n) is 1.66. The highest BCUT2D eigenvalue weighted by molar-refractivity contribution is 5.92. The zero-order valence-corrected chi connectivity index (χ0v) is 12.0. The maximum atomic E-state index is 11.5. The summed E-state index contributed by atoms with van der Waals surface area (Å²) in [7, 11) is 3.27. The minimum Gasteiger partial charge on any atom is -0.465 e. The number of rotatable bonds is 6. The summed E-state index contributed by atoms with van der Waals surface area (Å²) in [6.07, 6.45) is 0.201. The van der Waals surface area contributed by atoms with Crippen LogP contribution in [0.25, 0.3) is 0 Å². The van der Waals surface area contributed by atoms with Gasteiger partial charge in [-0.15, -0.1) is 0 Å². The number of ether oxygens (including phenoxy) is 2. The highest BCUT2D eigenvalue weighted by Crippen LogP contribution is 2.23. The summed E-state index contributed by atoms with van der Waals surface area (Å²) in [5.41, 5.74) is 7.84. The molecule has 5 heteroatoms. The van der Waals surface area contributed by atoms with E-state index in [1.54, 1.807) is 18.2 Å². The second-order valence-corrected chi connectivity index (χ2v) is 4.61. The van der Waals surface area contributed by atoms with E-state index < -0.39 is 0 Å². The van der Waals surface area contributed by atoms with Crippen molar-refractivity contribution in [1.82, 2.24) is 0 Å². The third-order valence-electron chi connectivity index (χ3n) is 2.74. The van der Waals surface area contributed by atoms with E-state index in [0.717, 1.165) is 5.69 Å². The van der Waals surface area contributed by atoms with E-state index in [1.807, 2.05) is 25.8 Å². The van der Waals surface area contributed by atoms with Gasteiger partial charge in [-0.05, 0) is 32.0 Å². The summed E-state index contributed by atoms with van der Waals surface area (Å²) in [5.74, 6) is -0.368. The third-order valence-corrected chi connectivity index (χ3v) is 2.74. The molecule has 0 saturated carbocycles. The number of nitrogens with two attached hydrogens (primary N) is 1. The number of anilines is 2. The van der Waals surface area contributed by atoms with E-state index >= 15 is 0 Å². The number of carbonyl (C=O) groups is 1. The van der Waals surface area contributed by atoms with Crippen molar-refractivity contribution in [3.63, 3.8) is 0 Å². The number of nitrogen functional groups attached to an aromatic ring is 1. The van der Waals surface area contributed by atoms with Crippen molar-refractivity contribution >= 4 is 17.3 Å². The largest absolute Gasteiger partial charge is 0.465 e. The van der Waals surface area contributed by atoms with Gasteiger partial charge in [0.05, 0.1) is 36.8 Å². The van der Waals surface area contributed by atoms with Gasteiger partial charge in [0.15, 0.2) is 0 Å². The molecule has 0 aliphatic carbocycles. The van der Waals surface area contributed by atoms with Gasteiger partial charge in [0, 0.05) is 13.6 Å². The maximum Gasteiger partial charge on any atom is 0.337 e. The molecule has 0 fully saturated rings. The zero-order valence-electron chi connectivity index (χ0n) is 12.0. The highest BCUT2D eigenvalue weighted by atomic mass is 16.5. The van der Waals surface area contributed by atoms with E-state index in [4.69, 9.17) is 15.2 Å². The van der Waals surface area contributed by atoms with Crippen LogP contribution >= 0.6 is 0 Å². The van der Waals surface area contributed by atoms with Crippen LogP contribution in [0.15, 0.2) is 18.2 Å². The summed E-state index contributed by atoms with van der Waals surface area (Å²) >= 11 is 0. The number of hydrogen-bond donors (Lipinski definition) is 1. The molecule has 1 aromatic carbocycles. The van der Waals surface area contributed by atoms with Crippen LogP contribution < -0.4 is 10.6 Å². The SMILES string of the molecule is COC(=O)c1ccc(N)c(N(C)CCOC(C)C)c1. The molecule has 5 nitrogen and oxygen atoms in total. The molecule has 0 aromatic heterocycles. The van der Waals surface area contributed by atoms with Crippen molar-refractivity contribution in [3.05, 3.63) is 23.8 Å². The molecule has 1 rings (SSSR count). The number of carbonyl (C=O) groups excluding carboxylic acids is 1. The van der Waals surface area contributed by atoms with E-state index in [1.165, 1.54) is 7.11 Å². The predicted molar refractivity (Wildman–Crippen MR) is 76.6 cm³/mol. The Bertz CT molecular complexity index is 433. The van der Waals surface area contributed by atoms with E-state index in [2.05, 4.69) is 0 Å². The first-order chi connectivity index (χ1) is 8.95. The van der Waals surface area contributed by atoms with Crippen LogP contribution in [-0.4, -0.2) is 39.4 Å². The molecule has 0 aliphatic rings. The summed E-state index contributed by atoms with van der Waals surface area (Å²) in [4.78, 5) is 13.5. The zero-order chi connectivity index (χ0) is 14.4. The van der Waals surface area contributed by atoms with E-state index in [0.29, 0.717) is 24.4 Å². The maximum absolute atomic E-state index is 11.5. The topological polar surface area (TPSA) is 64.8 Å². The molecule has 0 bridgehead atoms. The Morgan fingerprint density at radius 3 is 2.68 bits per heavy atom. The smallest absolute Gasteiger partial charge is 0.337 e. The summed E-state index contributed by atoms with van der Waals surface area (Å²) in [6.45, 7) is 5.29. The van der Waals surface area contributed by atoms with Crippen molar-refractivity contribution in [2.75, 3.05) is 37.9 Å². The lowest BCUT2D eigenvalue weighted by atomic mass is 10.1. The summed E-state index contributed by atoms with van der Waals surface area (Å²) < 4.78 is 10.2. The lowest BCUT2D eigenvalue weighted by molar-refractivity contribution is 0.0601.